The molecule has 0 aromatic carbocycles. The molecule has 0 aliphatic carbocycles. The second-order valence-electron chi connectivity index (χ2n) is 2.99. The maximum Gasteiger partial charge on any atom is 0.325 e. The maximum atomic E-state index is 11.3. The smallest absolute Gasteiger partial charge is 0.303 e. The molecule has 0 aromatic rings. The molecule has 2 aliphatic heterocycles. The van der Waals surface area contributed by atoms with E-state index in [9.17, 15) is 9.59 Å². The van der Waals surface area contributed by atoms with E-state index in [2.05, 4.69) is 15.3 Å². The van der Waals surface area contributed by atoms with Crippen LogP contribution in [0.3, 0.4) is 0 Å². The third-order valence-electron chi connectivity index (χ3n) is 2.10. The third-order valence-corrected chi connectivity index (χ3v) is 2.29. The Kier molecular flexibility index (Phi) is 1.99. The molecular weight excluding hydrogens is 208 g/mol. The average molecular weight is 215 g/mol. The number of fused-ring (bicyclic) bond motifs is 1. The SMILES string of the molecule is CN1C(=O)NC(=O)C2N=CC(Cl)=NC21. The van der Waals surface area contributed by atoms with Crippen molar-refractivity contribution < 1.29 is 9.59 Å². The number of carbonyl (C=O) groups is 2. The second-order valence-corrected chi connectivity index (χ2v) is 3.38. The Bertz CT molecular complexity index is 365. The molecule has 2 heterocycles. The molecule has 2 unspecified atom stereocenters. The standard InChI is InChI=1S/C7H7ClN4O2/c1-12-5-4(6(13)11-7(12)14)9-2-3(8)10-5/h2,4-5H,1H3,(H,11,13,14). The highest BCUT2D eigenvalue weighted by atomic mass is 35.5. The average Bonchev–Trinajstić information content (AvgIpc) is 2.14. The van der Waals surface area contributed by atoms with Crippen molar-refractivity contribution in [1.82, 2.24) is 10.2 Å². The highest BCUT2D eigenvalue weighted by Crippen LogP contribution is 2.17. The van der Waals surface area contributed by atoms with Crippen LogP contribution in [0.1, 0.15) is 0 Å². The van der Waals surface area contributed by atoms with Gasteiger partial charge in [0.05, 0.1) is 6.21 Å². The van der Waals surface area contributed by atoms with Crippen LogP contribution in [-0.4, -0.2) is 47.5 Å². The number of rotatable bonds is 0. The molecule has 0 saturated carbocycles. The predicted molar refractivity (Wildman–Crippen MR) is 50.7 cm³/mol. The van der Waals surface area contributed by atoms with Crippen molar-refractivity contribution in [3.63, 3.8) is 0 Å². The molecule has 3 amide bonds. The van der Waals surface area contributed by atoms with Gasteiger partial charge < -0.3 is 4.90 Å². The van der Waals surface area contributed by atoms with Crippen molar-refractivity contribution in [2.45, 2.75) is 12.2 Å². The minimum Gasteiger partial charge on any atom is -0.303 e. The molecule has 14 heavy (non-hydrogen) atoms. The molecule has 0 aromatic heterocycles. The molecule has 1 N–H and O–H groups in total. The normalized spacial score (nSPS) is 31.0. The van der Waals surface area contributed by atoms with Crippen molar-refractivity contribution in [1.29, 1.82) is 0 Å². The number of urea groups is 1. The number of amides is 3. The highest BCUT2D eigenvalue weighted by molar-refractivity contribution is 6.80. The van der Waals surface area contributed by atoms with Gasteiger partial charge in [-0.15, -0.1) is 0 Å². The Morgan fingerprint density at radius 3 is 3.00 bits per heavy atom. The van der Waals surface area contributed by atoms with Gasteiger partial charge in [0, 0.05) is 7.05 Å². The summed E-state index contributed by atoms with van der Waals surface area (Å²) >= 11 is 5.63. The van der Waals surface area contributed by atoms with E-state index in [1.807, 2.05) is 0 Å². The first-order valence-electron chi connectivity index (χ1n) is 3.94. The highest BCUT2D eigenvalue weighted by Gasteiger charge is 2.40. The van der Waals surface area contributed by atoms with Gasteiger partial charge in [0.25, 0.3) is 5.91 Å². The quantitative estimate of drug-likeness (QED) is 0.595. The zero-order valence-corrected chi connectivity index (χ0v) is 8.02. The van der Waals surface area contributed by atoms with Crippen LogP contribution < -0.4 is 5.32 Å². The summed E-state index contributed by atoms with van der Waals surface area (Å²) in [5.74, 6) is -0.442. The summed E-state index contributed by atoms with van der Waals surface area (Å²) in [5, 5.41) is 2.36. The molecule has 74 valence electrons. The summed E-state index contributed by atoms with van der Waals surface area (Å²) in [6.07, 6.45) is 0.695. The van der Waals surface area contributed by atoms with Crippen LogP contribution in [0, 0.1) is 0 Å². The second kappa shape index (κ2) is 3.06. The molecule has 1 fully saturated rings. The molecule has 0 bridgehead atoms. The van der Waals surface area contributed by atoms with E-state index in [1.165, 1.54) is 18.2 Å². The molecule has 7 heteroatoms. The van der Waals surface area contributed by atoms with Crippen LogP contribution in [0.4, 0.5) is 4.79 Å². The lowest BCUT2D eigenvalue weighted by atomic mass is 10.1. The van der Waals surface area contributed by atoms with Gasteiger partial charge in [0.15, 0.2) is 12.2 Å². The van der Waals surface area contributed by atoms with E-state index in [-0.39, 0.29) is 5.17 Å². The van der Waals surface area contributed by atoms with Crippen LogP contribution in [0.5, 0.6) is 0 Å². The molecular formula is C7H7ClN4O2. The Hall–Kier alpha value is -1.43. The van der Waals surface area contributed by atoms with Crippen LogP contribution >= 0.6 is 11.6 Å². The molecule has 2 rings (SSSR count). The number of nitrogens with one attached hydrogen (secondary N) is 1. The Balaban J connectivity index is 2.34. The lowest BCUT2D eigenvalue weighted by Gasteiger charge is -2.34. The molecule has 2 atom stereocenters. The van der Waals surface area contributed by atoms with Gasteiger partial charge in [0.2, 0.25) is 0 Å². The monoisotopic (exact) mass is 214 g/mol. The number of aliphatic imine (C=N–C) groups is 2. The lowest BCUT2D eigenvalue weighted by molar-refractivity contribution is -0.124. The number of carbonyl (C=O) groups excluding carboxylic acids is 2. The predicted octanol–water partition coefficient (Wildman–Crippen LogP) is -0.416. The van der Waals surface area contributed by atoms with Gasteiger partial charge in [-0.25, -0.2) is 9.79 Å². The summed E-state index contributed by atoms with van der Waals surface area (Å²) in [5.41, 5.74) is 0. The number of halogens is 1. The molecule has 0 spiro atoms. The Labute approximate surface area is 84.6 Å². The summed E-state index contributed by atoms with van der Waals surface area (Å²) < 4.78 is 0. The van der Waals surface area contributed by atoms with Crippen LogP contribution in [0.2, 0.25) is 0 Å². The van der Waals surface area contributed by atoms with Crippen molar-refractivity contribution >= 4 is 34.9 Å². The fourth-order valence-corrected chi connectivity index (χ4v) is 1.49. The summed E-state index contributed by atoms with van der Waals surface area (Å²) in [7, 11) is 1.54. The van der Waals surface area contributed by atoms with Crippen molar-refractivity contribution in [2.24, 2.45) is 9.98 Å². The summed E-state index contributed by atoms with van der Waals surface area (Å²) in [6.45, 7) is 0. The number of nitrogens with zero attached hydrogens (tertiary/aromatic N) is 3. The largest absolute Gasteiger partial charge is 0.325 e. The van der Waals surface area contributed by atoms with Gasteiger partial charge in [-0.2, -0.15) is 0 Å². The fourth-order valence-electron chi connectivity index (χ4n) is 1.34. The Morgan fingerprint density at radius 2 is 2.29 bits per heavy atom. The first-order valence-corrected chi connectivity index (χ1v) is 4.31. The zero-order chi connectivity index (χ0) is 10.3. The van der Waals surface area contributed by atoms with Crippen LogP contribution in [0.15, 0.2) is 9.98 Å². The first-order chi connectivity index (χ1) is 6.59. The summed E-state index contributed by atoms with van der Waals surface area (Å²) in [6, 6.07) is -1.17. The number of imide groups is 1. The minimum atomic E-state index is -0.680. The molecule has 6 nitrogen and oxygen atoms in total. The lowest BCUT2D eigenvalue weighted by Crippen LogP contribution is -2.61. The van der Waals surface area contributed by atoms with Gasteiger partial charge >= 0.3 is 6.03 Å². The number of likely N-dealkylation sites (N-methyl/N-ethyl adjacent to an activating group) is 1. The third kappa shape index (κ3) is 1.27. The number of hydrogen-bond acceptors (Lipinski definition) is 4. The van der Waals surface area contributed by atoms with E-state index < -0.39 is 24.1 Å². The van der Waals surface area contributed by atoms with Crippen LogP contribution in [0.25, 0.3) is 0 Å². The molecule has 1 saturated heterocycles. The summed E-state index contributed by atoms with van der Waals surface area (Å²) in [4.78, 5) is 31.7. The van der Waals surface area contributed by atoms with Gasteiger partial charge in [0.1, 0.15) is 5.17 Å². The van der Waals surface area contributed by atoms with E-state index >= 15 is 0 Å². The van der Waals surface area contributed by atoms with Gasteiger partial charge in [-0.3, -0.25) is 15.1 Å². The van der Waals surface area contributed by atoms with Gasteiger partial charge in [-0.05, 0) is 0 Å². The van der Waals surface area contributed by atoms with Gasteiger partial charge in [-0.1, -0.05) is 11.6 Å². The zero-order valence-electron chi connectivity index (χ0n) is 7.27. The Morgan fingerprint density at radius 1 is 1.57 bits per heavy atom. The van der Waals surface area contributed by atoms with E-state index in [0.717, 1.165) is 0 Å². The maximum absolute atomic E-state index is 11.3. The topological polar surface area (TPSA) is 74.1 Å². The van der Waals surface area contributed by atoms with Crippen LogP contribution in [-0.2, 0) is 4.79 Å². The van der Waals surface area contributed by atoms with E-state index in [4.69, 9.17) is 11.6 Å². The first kappa shape index (κ1) is 9.14. The van der Waals surface area contributed by atoms with Crippen molar-refractivity contribution in [3.05, 3.63) is 0 Å². The number of hydrogen-bond donors (Lipinski definition) is 1. The van der Waals surface area contributed by atoms with E-state index in [0.29, 0.717) is 0 Å². The van der Waals surface area contributed by atoms with Crippen molar-refractivity contribution in [3.8, 4) is 0 Å². The van der Waals surface area contributed by atoms with Crippen molar-refractivity contribution in [2.75, 3.05) is 7.05 Å². The van der Waals surface area contributed by atoms with E-state index in [1.54, 1.807) is 0 Å². The minimum absolute atomic E-state index is 0.195. The molecule has 0 radical (unpaired) electrons. The fraction of sp³-hybridized carbons (Fsp3) is 0.429. The molecule has 2 aliphatic rings.